The maximum Gasteiger partial charge on any atom is 0.262 e. The third kappa shape index (κ3) is 2.81. The molecule has 5 heteroatoms. The summed E-state index contributed by atoms with van der Waals surface area (Å²) in [7, 11) is 0. The van der Waals surface area contributed by atoms with Crippen molar-refractivity contribution in [2.24, 2.45) is 5.92 Å². The first-order valence-corrected chi connectivity index (χ1v) is 6.06. The minimum absolute atomic E-state index is 0.0462. The number of aromatic hydroxyl groups is 1. The molecule has 0 saturated carbocycles. The van der Waals surface area contributed by atoms with Gasteiger partial charge in [0.15, 0.2) is 0 Å². The van der Waals surface area contributed by atoms with Crippen LogP contribution >= 0.6 is 0 Å². The van der Waals surface area contributed by atoms with Crippen molar-refractivity contribution in [2.45, 2.75) is 20.3 Å². The predicted octanol–water partition coefficient (Wildman–Crippen LogP) is 2.48. The second-order valence-corrected chi connectivity index (χ2v) is 4.79. The summed E-state index contributed by atoms with van der Waals surface area (Å²) in [5.74, 6) is -0.314. The number of H-pyrrole nitrogens is 1. The molecule has 0 aliphatic heterocycles. The van der Waals surface area contributed by atoms with Gasteiger partial charge in [-0.15, -0.1) is 0 Å². The largest absolute Gasteiger partial charge is 0.493 e. The van der Waals surface area contributed by atoms with Crippen LogP contribution in [0.5, 0.6) is 5.88 Å². The van der Waals surface area contributed by atoms with E-state index in [-0.39, 0.29) is 11.1 Å². The summed E-state index contributed by atoms with van der Waals surface area (Å²) in [6, 6.07) is 5.78. The first-order valence-electron chi connectivity index (χ1n) is 6.06. The van der Waals surface area contributed by atoms with Crippen LogP contribution in [0, 0.1) is 11.7 Å². The van der Waals surface area contributed by atoms with Gasteiger partial charge in [0.1, 0.15) is 17.2 Å². The number of rotatable bonds is 3. The predicted molar refractivity (Wildman–Crippen MR) is 70.5 cm³/mol. The highest BCUT2D eigenvalue weighted by atomic mass is 19.1. The van der Waals surface area contributed by atoms with Crippen LogP contribution in [-0.4, -0.2) is 15.1 Å². The van der Waals surface area contributed by atoms with Crippen LogP contribution < -0.4 is 5.56 Å². The van der Waals surface area contributed by atoms with E-state index >= 15 is 0 Å². The molecule has 0 fully saturated rings. The zero-order valence-electron chi connectivity index (χ0n) is 10.8. The lowest BCUT2D eigenvalue weighted by Gasteiger charge is -2.08. The Kier molecular flexibility index (Phi) is 3.64. The van der Waals surface area contributed by atoms with Gasteiger partial charge in [-0.2, -0.15) is 4.98 Å². The lowest BCUT2D eigenvalue weighted by molar-refractivity contribution is 0.447. The van der Waals surface area contributed by atoms with Crippen LogP contribution in [0.2, 0.25) is 0 Å². The van der Waals surface area contributed by atoms with Crippen molar-refractivity contribution >= 4 is 0 Å². The van der Waals surface area contributed by atoms with Crippen LogP contribution in [0.3, 0.4) is 0 Å². The molecule has 2 N–H and O–H groups in total. The van der Waals surface area contributed by atoms with Gasteiger partial charge in [0.25, 0.3) is 5.56 Å². The van der Waals surface area contributed by atoms with Gasteiger partial charge in [0, 0.05) is 12.0 Å². The van der Waals surface area contributed by atoms with E-state index in [1.54, 1.807) is 6.07 Å². The number of benzene rings is 1. The van der Waals surface area contributed by atoms with Crippen molar-refractivity contribution in [3.05, 3.63) is 46.3 Å². The summed E-state index contributed by atoms with van der Waals surface area (Å²) in [4.78, 5) is 18.5. The Hall–Kier alpha value is -2.17. The van der Waals surface area contributed by atoms with Gasteiger partial charge in [-0.3, -0.25) is 4.79 Å². The SMILES string of the molecule is CC(C)Cc1nc(O)c(-c2ccccc2F)c(=O)[nH]1. The van der Waals surface area contributed by atoms with E-state index in [1.807, 2.05) is 13.8 Å². The Morgan fingerprint density at radius 2 is 2.05 bits per heavy atom. The van der Waals surface area contributed by atoms with Crippen molar-refractivity contribution in [3.8, 4) is 17.0 Å². The third-order valence-corrected chi connectivity index (χ3v) is 2.69. The smallest absolute Gasteiger partial charge is 0.262 e. The summed E-state index contributed by atoms with van der Waals surface area (Å²) in [5, 5.41) is 9.87. The Balaban J connectivity index is 2.55. The molecule has 100 valence electrons. The Labute approximate surface area is 110 Å². The molecule has 0 aliphatic carbocycles. The first kappa shape index (κ1) is 13.3. The number of halogens is 1. The molecule has 0 bridgehead atoms. The van der Waals surface area contributed by atoms with E-state index in [2.05, 4.69) is 9.97 Å². The van der Waals surface area contributed by atoms with Crippen LogP contribution in [0.4, 0.5) is 4.39 Å². The zero-order chi connectivity index (χ0) is 14.0. The highest BCUT2D eigenvalue weighted by Gasteiger charge is 2.16. The molecule has 1 aromatic carbocycles. The lowest BCUT2D eigenvalue weighted by Crippen LogP contribution is -2.15. The number of aromatic amines is 1. The summed E-state index contributed by atoms with van der Waals surface area (Å²) >= 11 is 0. The van der Waals surface area contributed by atoms with Crippen molar-refractivity contribution in [1.29, 1.82) is 0 Å². The molecule has 1 aromatic heterocycles. The second-order valence-electron chi connectivity index (χ2n) is 4.79. The molecule has 2 rings (SSSR count). The summed E-state index contributed by atoms with van der Waals surface area (Å²) in [6.45, 7) is 3.95. The molecule has 19 heavy (non-hydrogen) atoms. The average molecular weight is 262 g/mol. The Morgan fingerprint density at radius 3 is 2.63 bits per heavy atom. The standard InChI is InChI=1S/C14H15FN2O2/c1-8(2)7-11-16-13(18)12(14(19)17-11)9-5-3-4-6-10(9)15/h3-6,8H,7H2,1-2H3,(H2,16,17,18,19). The zero-order valence-corrected chi connectivity index (χ0v) is 10.8. The summed E-state index contributed by atoms with van der Waals surface area (Å²) in [5.41, 5.74) is -0.622. The molecule has 0 radical (unpaired) electrons. The van der Waals surface area contributed by atoms with Crippen LogP contribution in [0.15, 0.2) is 29.1 Å². The number of hydrogen-bond acceptors (Lipinski definition) is 3. The van der Waals surface area contributed by atoms with E-state index in [0.29, 0.717) is 18.2 Å². The molecule has 0 atom stereocenters. The topological polar surface area (TPSA) is 66.0 Å². The van der Waals surface area contributed by atoms with Gasteiger partial charge < -0.3 is 10.1 Å². The normalized spacial score (nSPS) is 10.9. The minimum Gasteiger partial charge on any atom is -0.493 e. The molecule has 0 spiro atoms. The number of aromatic nitrogens is 2. The molecule has 0 saturated heterocycles. The Morgan fingerprint density at radius 1 is 1.37 bits per heavy atom. The van der Waals surface area contributed by atoms with Gasteiger partial charge in [-0.25, -0.2) is 4.39 Å². The quantitative estimate of drug-likeness (QED) is 0.893. The fourth-order valence-corrected chi connectivity index (χ4v) is 1.90. The number of hydrogen-bond donors (Lipinski definition) is 2. The monoisotopic (exact) mass is 262 g/mol. The van der Waals surface area contributed by atoms with Gasteiger partial charge >= 0.3 is 0 Å². The van der Waals surface area contributed by atoms with Crippen LogP contribution in [0.1, 0.15) is 19.7 Å². The van der Waals surface area contributed by atoms with E-state index in [0.717, 1.165) is 0 Å². The number of nitrogens with one attached hydrogen (secondary N) is 1. The van der Waals surface area contributed by atoms with E-state index in [4.69, 9.17) is 0 Å². The van der Waals surface area contributed by atoms with Gasteiger partial charge in [-0.1, -0.05) is 32.0 Å². The molecule has 0 aliphatic rings. The molecule has 2 aromatic rings. The minimum atomic E-state index is -0.568. The highest BCUT2D eigenvalue weighted by Crippen LogP contribution is 2.25. The molecule has 0 unspecified atom stereocenters. The van der Waals surface area contributed by atoms with Crippen molar-refractivity contribution < 1.29 is 9.50 Å². The molecule has 0 amide bonds. The van der Waals surface area contributed by atoms with Gasteiger partial charge in [-0.05, 0) is 12.0 Å². The van der Waals surface area contributed by atoms with Gasteiger partial charge in [0.2, 0.25) is 5.88 Å². The molecule has 4 nitrogen and oxygen atoms in total. The highest BCUT2D eigenvalue weighted by molar-refractivity contribution is 5.67. The van der Waals surface area contributed by atoms with Crippen LogP contribution in [0.25, 0.3) is 11.1 Å². The number of nitrogens with zero attached hydrogens (tertiary/aromatic N) is 1. The van der Waals surface area contributed by atoms with E-state index < -0.39 is 17.3 Å². The maximum atomic E-state index is 13.7. The first-order chi connectivity index (χ1) is 8.99. The second kappa shape index (κ2) is 5.22. The average Bonchev–Trinajstić information content (AvgIpc) is 2.29. The Bertz CT molecular complexity index is 650. The molecule has 1 heterocycles. The molecular formula is C14H15FN2O2. The lowest BCUT2D eigenvalue weighted by atomic mass is 10.1. The van der Waals surface area contributed by atoms with Crippen LogP contribution in [-0.2, 0) is 6.42 Å². The fourth-order valence-electron chi connectivity index (χ4n) is 1.90. The maximum absolute atomic E-state index is 13.7. The third-order valence-electron chi connectivity index (χ3n) is 2.69. The van der Waals surface area contributed by atoms with Gasteiger partial charge in [0.05, 0.1) is 0 Å². The fraction of sp³-hybridized carbons (Fsp3) is 0.286. The van der Waals surface area contributed by atoms with E-state index in [9.17, 15) is 14.3 Å². The van der Waals surface area contributed by atoms with E-state index in [1.165, 1.54) is 18.2 Å². The van der Waals surface area contributed by atoms with Crippen molar-refractivity contribution in [3.63, 3.8) is 0 Å². The summed E-state index contributed by atoms with van der Waals surface area (Å²) in [6.07, 6.45) is 0.542. The van der Waals surface area contributed by atoms with Crippen molar-refractivity contribution in [2.75, 3.05) is 0 Å². The van der Waals surface area contributed by atoms with Crippen molar-refractivity contribution in [1.82, 2.24) is 9.97 Å². The molecular weight excluding hydrogens is 247 g/mol. The summed E-state index contributed by atoms with van der Waals surface area (Å²) < 4.78 is 13.7.